The number of para-hydroxylation sites is 1. The van der Waals surface area contributed by atoms with Gasteiger partial charge in [0.2, 0.25) is 5.91 Å². The molecule has 4 amide bonds. The van der Waals surface area contributed by atoms with Crippen molar-refractivity contribution in [3.05, 3.63) is 30.3 Å². The molecule has 0 aromatic heterocycles. The minimum atomic E-state index is -0.779. The van der Waals surface area contributed by atoms with Gasteiger partial charge in [0.05, 0.1) is 13.2 Å². The molecule has 3 N–H and O–H groups in total. The third-order valence-corrected chi connectivity index (χ3v) is 2.99. The van der Waals surface area contributed by atoms with Crippen molar-refractivity contribution in [3.8, 4) is 0 Å². The smallest absolute Gasteiger partial charge is 0.425 e. The standard InChI is InChI=1S/C13H16N4O4/c1-21-13(20)16-15-12(19)14-9-7-11(18)17(8-9)10-5-3-2-4-6-10/h2-6,9H,7-8H2,1H3,(H,16,20)(H2,14,15,19). The summed E-state index contributed by atoms with van der Waals surface area (Å²) in [7, 11) is 1.18. The van der Waals surface area contributed by atoms with E-state index in [0.717, 1.165) is 5.69 Å². The fraction of sp³-hybridized carbons (Fsp3) is 0.308. The molecular formula is C13H16N4O4. The van der Waals surface area contributed by atoms with E-state index in [1.54, 1.807) is 4.90 Å². The molecule has 112 valence electrons. The molecule has 1 heterocycles. The highest BCUT2D eigenvalue weighted by Crippen LogP contribution is 2.20. The summed E-state index contributed by atoms with van der Waals surface area (Å²) in [5.41, 5.74) is 4.96. The Labute approximate surface area is 121 Å². The van der Waals surface area contributed by atoms with E-state index in [1.165, 1.54) is 7.11 Å². The number of nitrogens with one attached hydrogen (secondary N) is 3. The molecule has 0 aliphatic carbocycles. The number of carbonyl (C=O) groups is 3. The van der Waals surface area contributed by atoms with Gasteiger partial charge in [-0.2, -0.15) is 0 Å². The number of anilines is 1. The number of ether oxygens (including phenoxy) is 1. The van der Waals surface area contributed by atoms with E-state index in [2.05, 4.69) is 15.5 Å². The average molecular weight is 292 g/mol. The lowest BCUT2D eigenvalue weighted by Crippen LogP contribution is -2.50. The topological polar surface area (TPSA) is 99.8 Å². The number of urea groups is 1. The third kappa shape index (κ3) is 3.85. The number of benzene rings is 1. The lowest BCUT2D eigenvalue weighted by molar-refractivity contribution is -0.117. The molecule has 1 fully saturated rings. The molecule has 1 aromatic rings. The van der Waals surface area contributed by atoms with Crippen LogP contribution in [0.15, 0.2) is 30.3 Å². The van der Waals surface area contributed by atoms with Crippen LogP contribution in [0.2, 0.25) is 0 Å². The molecule has 1 saturated heterocycles. The highest BCUT2D eigenvalue weighted by atomic mass is 16.5. The molecule has 1 aliphatic rings. The minimum absolute atomic E-state index is 0.0626. The Kier molecular flexibility index (Phi) is 4.60. The summed E-state index contributed by atoms with van der Waals surface area (Å²) in [6.07, 6.45) is -0.570. The molecule has 1 aromatic carbocycles. The van der Waals surface area contributed by atoms with Crippen molar-refractivity contribution < 1.29 is 19.1 Å². The van der Waals surface area contributed by atoms with Crippen LogP contribution < -0.4 is 21.1 Å². The van der Waals surface area contributed by atoms with Gasteiger partial charge in [0, 0.05) is 18.7 Å². The number of hydrazine groups is 1. The van der Waals surface area contributed by atoms with Gasteiger partial charge in [-0.25, -0.2) is 20.4 Å². The molecule has 0 bridgehead atoms. The molecule has 1 unspecified atom stereocenters. The number of hydrogen-bond acceptors (Lipinski definition) is 4. The van der Waals surface area contributed by atoms with E-state index >= 15 is 0 Å². The predicted octanol–water partition coefficient (Wildman–Crippen LogP) is 0.362. The average Bonchev–Trinajstić information content (AvgIpc) is 2.86. The lowest BCUT2D eigenvalue weighted by atomic mass is 10.2. The largest absolute Gasteiger partial charge is 0.452 e. The van der Waals surface area contributed by atoms with E-state index < -0.39 is 12.1 Å². The zero-order chi connectivity index (χ0) is 15.2. The molecule has 2 rings (SSSR count). The van der Waals surface area contributed by atoms with Crippen LogP contribution in [0, 0.1) is 0 Å². The van der Waals surface area contributed by atoms with Gasteiger partial charge >= 0.3 is 12.1 Å². The van der Waals surface area contributed by atoms with E-state index in [9.17, 15) is 14.4 Å². The fourth-order valence-electron chi connectivity index (χ4n) is 2.04. The maximum absolute atomic E-state index is 11.9. The van der Waals surface area contributed by atoms with E-state index in [4.69, 9.17) is 0 Å². The maximum Gasteiger partial charge on any atom is 0.425 e. The SMILES string of the molecule is COC(=O)NNC(=O)NC1CC(=O)N(c2ccccc2)C1. The summed E-state index contributed by atoms with van der Waals surface area (Å²) in [6, 6.07) is 8.29. The highest BCUT2D eigenvalue weighted by Gasteiger charge is 2.31. The Morgan fingerprint density at radius 3 is 2.62 bits per heavy atom. The van der Waals surface area contributed by atoms with Gasteiger partial charge in [-0.05, 0) is 12.1 Å². The molecule has 1 atom stereocenters. The van der Waals surface area contributed by atoms with E-state index in [0.29, 0.717) is 6.54 Å². The first-order chi connectivity index (χ1) is 10.1. The van der Waals surface area contributed by atoms with Crippen LogP contribution in [0.3, 0.4) is 0 Å². The molecule has 0 spiro atoms. The number of nitrogens with zero attached hydrogens (tertiary/aromatic N) is 1. The molecule has 8 heteroatoms. The van der Waals surface area contributed by atoms with Crippen molar-refractivity contribution in [2.45, 2.75) is 12.5 Å². The first-order valence-corrected chi connectivity index (χ1v) is 6.36. The number of rotatable bonds is 2. The van der Waals surface area contributed by atoms with Gasteiger partial charge < -0.3 is 15.0 Å². The summed E-state index contributed by atoms with van der Waals surface area (Å²) >= 11 is 0. The number of hydrogen-bond donors (Lipinski definition) is 3. The van der Waals surface area contributed by atoms with Crippen LogP contribution in [-0.4, -0.2) is 37.7 Å². The van der Waals surface area contributed by atoms with Crippen molar-refractivity contribution in [2.75, 3.05) is 18.6 Å². The summed E-state index contributed by atoms with van der Waals surface area (Å²) < 4.78 is 4.31. The van der Waals surface area contributed by atoms with Gasteiger partial charge in [0.15, 0.2) is 0 Å². The quantitative estimate of drug-likeness (QED) is 0.685. The molecule has 8 nitrogen and oxygen atoms in total. The zero-order valence-electron chi connectivity index (χ0n) is 11.5. The lowest BCUT2D eigenvalue weighted by Gasteiger charge is -2.17. The second-order valence-electron chi connectivity index (χ2n) is 4.46. The number of amides is 4. The first-order valence-electron chi connectivity index (χ1n) is 6.36. The molecule has 1 aliphatic heterocycles. The number of methoxy groups -OCH3 is 1. The Morgan fingerprint density at radius 1 is 1.24 bits per heavy atom. The number of carbonyl (C=O) groups excluding carboxylic acids is 3. The van der Waals surface area contributed by atoms with Gasteiger partial charge in [-0.1, -0.05) is 18.2 Å². The predicted molar refractivity (Wildman–Crippen MR) is 74.4 cm³/mol. The van der Waals surface area contributed by atoms with Crippen molar-refractivity contribution in [1.82, 2.24) is 16.2 Å². The van der Waals surface area contributed by atoms with Crippen LogP contribution in [0.25, 0.3) is 0 Å². The summed E-state index contributed by atoms with van der Waals surface area (Å²) in [5, 5.41) is 2.61. The normalized spacial score (nSPS) is 17.3. The van der Waals surface area contributed by atoms with Crippen LogP contribution in [0.1, 0.15) is 6.42 Å². The Hall–Kier alpha value is -2.77. The summed E-state index contributed by atoms with van der Waals surface area (Å²) in [4.78, 5) is 35.9. The van der Waals surface area contributed by atoms with E-state index in [-0.39, 0.29) is 18.4 Å². The van der Waals surface area contributed by atoms with Gasteiger partial charge in [-0.15, -0.1) is 0 Å². The molecule has 0 radical (unpaired) electrons. The second kappa shape index (κ2) is 6.60. The van der Waals surface area contributed by atoms with Gasteiger partial charge in [0.1, 0.15) is 0 Å². The van der Waals surface area contributed by atoms with Crippen molar-refractivity contribution >= 4 is 23.7 Å². The summed E-state index contributed by atoms with van der Waals surface area (Å²) in [6.45, 7) is 0.383. The van der Waals surface area contributed by atoms with Gasteiger partial charge in [-0.3, -0.25) is 4.79 Å². The molecular weight excluding hydrogens is 276 g/mol. The van der Waals surface area contributed by atoms with Crippen LogP contribution in [0.5, 0.6) is 0 Å². The minimum Gasteiger partial charge on any atom is -0.452 e. The van der Waals surface area contributed by atoms with Crippen LogP contribution in [0.4, 0.5) is 15.3 Å². The molecule has 0 saturated carbocycles. The Morgan fingerprint density at radius 2 is 1.95 bits per heavy atom. The summed E-state index contributed by atoms with van der Waals surface area (Å²) in [5.74, 6) is -0.0626. The highest BCUT2D eigenvalue weighted by molar-refractivity contribution is 5.96. The third-order valence-electron chi connectivity index (χ3n) is 2.99. The van der Waals surface area contributed by atoms with Crippen molar-refractivity contribution in [2.24, 2.45) is 0 Å². The monoisotopic (exact) mass is 292 g/mol. The molecule has 21 heavy (non-hydrogen) atoms. The van der Waals surface area contributed by atoms with Crippen LogP contribution in [-0.2, 0) is 9.53 Å². The second-order valence-corrected chi connectivity index (χ2v) is 4.46. The van der Waals surface area contributed by atoms with Crippen molar-refractivity contribution in [1.29, 1.82) is 0 Å². The van der Waals surface area contributed by atoms with E-state index in [1.807, 2.05) is 35.8 Å². The fourth-order valence-corrected chi connectivity index (χ4v) is 2.04. The Balaban J connectivity index is 1.85. The van der Waals surface area contributed by atoms with Crippen LogP contribution >= 0.6 is 0 Å². The zero-order valence-corrected chi connectivity index (χ0v) is 11.5. The van der Waals surface area contributed by atoms with Gasteiger partial charge in [0.25, 0.3) is 0 Å². The maximum atomic E-state index is 11.9. The Bertz CT molecular complexity index is 534. The first kappa shape index (κ1) is 14.6. The van der Waals surface area contributed by atoms with Crippen molar-refractivity contribution in [3.63, 3.8) is 0 Å².